The minimum absolute atomic E-state index is 0.0233. The summed E-state index contributed by atoms with van der Waals surface area (Å²) in [5.74, 6) is 0.736. The zero-order chi connectivity index (χ0) is 25.0. The SMILES string of the molecule is Cc1ccc(-c2ncn3c(N4CCN(C(=O)N(C)C)CC4)cc(S(=O)(=O)NC4(C)CC4)cc23)cn1. The number of piperazine rings is 1. The maximum Gasteiger partial charge on any atom is 0.319 e. The van der Waals surface area contributed by atoms with E-state index in [0.717, 1.165) is 29.9 Å². The van der Waals surface area contributed by atoms with E-state index in [1.165, 1.54) is 0 Å². The molecule has 3 aromatic rings. The van der Waals surface area contributed by atoms with Crippen LogP contribution in [0.5, 0.6) is 0 Å². The van der Waals surface area contributed by atoms with Gasteiger partial charge in [0.05, 0.1) is 16.1 Å². The fourth-order valence-corrected chi connectivity index (χ4v) is 5.86. The second kappa shape index (κ2) is 8.49. The number of amides is 2. The molecule has 1 N–H and O–H groups in total. The molecule has 1 saturated carbocycles. The predicted octanol–water partition coefficient (Wildman–Crippen LogP) is 2.34. The molecule has 2 fully saturated rings. The smallest absolute Gasteiger partial charge is 0.319 e. The molecule has 0 atom stereocenters. The van der Waals surface area contributed by atoms with Crippen molar-refractivity contribution in [3.8, 4) is 11.3 Å². The molecule has 2 aliphatic rings. The number of fused-ring (bicyclic) bond motifs is 1. The fourth-order valence-electron chi connectivity index (χ4n) is 4.36. The zero-order valence-corrected chi connectivity index (χ0v) is 21.3. The summed E-state index contributed by atoms with van der Waals surface area (Å²) in [5.41, 5.74) is 2.71. The van der Waals surface area contributed by atoms with Gasteiger partial charge >= 0.3 is 6.03 Å². The molecule has 11 heteroatoms. The highest BCUT2D eigenvalue weighted by Crippen LogP contribution is 2.37. The summed E-state index contributed by atoms with van der Waals surface area (Å²) in [7, 11) is -0.246. The maximum atomic E-state index is 13.4. The molecule has 0 unspecified atom stereocenters. The quantitative estimate of drug-likeness (QED) is 0.580. The third-order valence-electron chi connectivity index (χ3n) is 6.73. The average Bonchev–Trinajstić information content (AvgIpc) is 3.38. The molecule has 0 radical (unpaired) electrons. The van der Waals surface area contributed by atoms with Crippen LogP contribution in [0.4, 0.5) is 10.6 Å². The van der Waals surface area contributed by atoms with Crippen LogP contribution in [0.3, 0.4) is 0 Å². The Morgan fingerprint density at radius 2 is 1.80 bits per heavy atom. The lowest BCUT2D eigenvalue weighted by Crippen LogP contribution is -2.51. The highest BCUT2D eigenvalue weighted by molar-refractivity contribution is 7.89. The molecule has 10 nitrogen and oxygen atoms in total. The summed E-state index contributed by atoms with van der Waals surface area (Å²) in [4.78, 5) is 27.1. The summed E-state index contributed by atoms with van der Waals surface area (Å²) in [5, 5.41) is 0. The molecule has 3 aromatic heterocycles. The Labute approximate surface area is 205 Å². The van der Waals surface area contributed by atoms with Crippen LogP contribution in [0.1, 0.15) is 25.5 Å². The summed E-state index contributed by atoms with van der Waals surface area (Å²) in [6, 6.07) is 7.23. The number of hydrogen-bond donors (Lipinski definition) is 1. The molecule has 1 saturated heterocycles. The second-order valence-electron chi connectivity index (χ2n) is 9.90. The van der Waals surface area contributed by atoms with Gasteiger partial charge in [-0.25, -0.2) is 22.9 Å². The molecular weight excluding hydrogens is 466 g/mol. The zero-order valence-electron chi connectivity index (χ0n) is 20.5. The predicted molar refractivity (Wildman–Crippen MR) is 134 cm³/mol. The molecule has 4 heterocycles. The minimum Gasteiger partial charge on any atom is -0.354 e. The van der Waals surface area contributed by atoms with Crippen LogP contribution in [0.15, 0.2) is 41.7 Å². The van der Waals surface area contributed by atoms with E-state index < -0.39 is 10.0 Å². The summed E-state index contributed by atoms with van der Waals surface area (Å²) in [6.07, 6.45) is 5.14. The van der Waals surface area contributed by atoms with Crippen molar-refractivity contribution in [3.05, 3.63) is 42.5 Å². The van der Waals surface area contributed by atoms with E-state index in [-0.39, 0.29) is 16.5 Å². The van der Waals surface area contributed by atoms with E-state index in [2.05, 4.69) is 19.6 Å². The molecule has 186 valence electrons. The number of rotatable bonds is 5. The number of nitrogens with zero attached hydrogens (tertiary/aromatic N) is 6. The van der Waals surface area contributed by atoms with Gasteiger partial charge in [0.1, 0.15) is 12.1 Å². The Bertz CT molecular complexity index is 1370. The van der Waals surface area contributed by atoms with Gasteiger partial charge < -0.3 is 14.7 Å². The first-order chi connectivity index (χ1) is 16.6. The van der Waals surface area contributed by atoms with Gasteiger partial charge in [-0.2, -0.15) is 0 Å². The summed E-state index contributed by atoms with van der Waals surface area (Å²) in [6.45, 7) is 6.12. The highest BCUT2D eigenvalue weighted by atomic mass is 32.2. The number of urea groups is 1. The Hall–Kier alpha value is -3.18. The molecule has 1 aliphatic carbocycles. The minimum atomic E-state index is -3.73. The van der Waals surface area contributed by atoms with Gasteiger partial charge in [0, 0.05) is 63.3 Å². The van der Waals surface area contributed by atoms with Crippen molar-refractivity contribution >= 4 is 27.4 Å². The Kier molecular flexibility index (Phi) is 5.71. The summed E-state index contributed by atoms with van der Waals surface area (Å²) < 4.78 is 31.5. The van der Waals surface area contributed by atoms with Crippen molar-refractivity contribution in [2.75, 3.05) is 45.2 Å². The molecule has 5 rings (SSSR count). The van der Waals surface area contributed by atoms with Crippen molar-refractivity contribution < 1.29 is 13.2 Å². The summed E-state index contributed by atoms with van der Waals surface area (Å²) >= 11 is 0. The van der Waals surface area contributed by atoms with Crippen LogP contribution < -0.4 is 9.62 Å². The molecule has 35 heavy (non-hydrogen) atoms. The van der Waals surface area contributed by atoms with Gasteiger partial charge in [-0.05, 0) is 51.0 Å². The van der Waals surface area contributed by atoms with Crippen molar-refractivity contribution in [1.82, 2.24) is 28.9 Å². The van der Waals surface area contributed by atoms with Gasteiger partial charge in [0.15, 0.2) is 0 Å². The Morgan fingerprint density at radius 3 is 2.40 bits per heavy atom. The normalized spacial score (nSPS) is 17.6. The van der Waals surface area contributed by atoms with Crippen LogP contribution in [0, 0.1) is 6.92 Å². The second-order valence-corrected chi connectivity index (χ2v) is 11.6. The van der Waals surface area contributed by atoms with Crippen LogP contribution in [-0.4, -0.2) is 84.4 Å². The Balaban J connectivity index is 1.57. The van der Waals surface area contributed by atoms with Gasteiger partial charge in [-0.3, -0.25) is 9.38 Å². The topological polar surface area (TPSA) is 103 Å². The molecule has 0 spiro atoms. The van der Waals surface area contributed by atoms with Crippen LogP contribution in [0.2, 0.25) is 0 Å². The average molecular weight is 498 g/mol. The van der Waals surface area contributed by atoms with E-state index in [1.807, 2.05) is 30.4 Å². The maximum absolute atomic E-state index is 13.4. The largest absolute Gasteiger partial charge is 0.354 e. The third-order valence-corrected chi connectivity index (χ3v) is 8.35. The first kappa shape index (κ1) is 23.6. The number of hydrogen-bond acceptors (Lipinski definition) is 6. The number of aryl methyl sites for hydroxylation is 1. The van der Waals surface area contributed by atoms with Crippen LogP contribution in [-0.2, 0) is 10.0 Å². The molecule has 0 bridgehead atoms. The van der Waals surface area contributed by atoms with Crippen molar-refractivity contribution in [2.45, 2.75) is 37.1 Å². The number of sulfonamides is 1. The number of imidazole rings is 1. The van der Waals surface area contributed by atoms with Crippen LogP contribution in [0.25, 0.3) is 16.8 Å². The van der Waals surface area contributed by atoms with Crippen molar-refractivity contribution in [3.63, 3.8) is 0 Å². The van der Waals surface area contributed by atoms with E-state index in [1.54, 1.807) is 48.6 Å². The van der Waals surface area contributed by atoms with Gasteiger partial charge in [-0.15, -0.1) is 0 Å². The molecular formula is C24H31N7O3S. The highest BCUT2D eigenvalue weighted by Gasteiger charge is 2.41. The van der Waals surface area contributed by atoms with E-state index in [9.17, 15) is 13.2 Å². The van der Waals surface area contributed by atoms with E-state index in [4.69, 9.17) is 0 Å². The van der Waals surface area contributed by atoms with Gasteiger partial charge in [-0.1, -0.05) is 0 Å². The molecule has 0 aromatic carbocycles. The first-order valence-corrected chi connectivity index (χ1v) is 13.2. The molecule has 2 amide bonds. The van der Waals surface area contributed by atoms with Gasteiger partial charge in [0.2, 0.25) is 10.0 Å². The monoisotopic (exact) mass is 497 g/mol. The number of pyridine rings is 2. The number of aromatic nitrogens is 3. The lowest BCUT2D eigenvalue weighted by Gasteiger charge is -2.37. The number of carbonyl (C=O) groups excluding carboxylic acids is 1. The number of carbonyl (C=O) groups is 1. The van der Waals surface area contributed by atoms with Crippen molar-refractivity contribution in [1.29, 1.82) is 0 Å². The first-order valence-electron chi connectivity index (χ1n) is 11.8. The lowest BCUT2D eigenvalue weighted by molar-refractivity contribution is 0.168. The number of anilines is 1. The van der Waals surface area contributed by atoms with Gasteiger partial charge in [0.25, 0.3) is 0 Å². The number of nitrogens with one attached hydrogen (secondary N) is 1. The van der Waals surface area contributed by atoms with E-state index in [0.29, 0.717) is 37.4 Å². The molecule has 1 aliphatic heterocycles. The van der Waals surface area contributed by atoms with Crippen LogP contribution >= 0.6 is 0 Å². The van der Waals surface area contributed by atoms with Crippen molar-refractivity contribution in [2.24, 2.45) is 0 Å². The lowest BCUT2D eigenvalue weighted by atomic mass is 10.1. The third kappa shape index (κ3) is 4.57. The fraction of sp³-hybridized carbons (Fsp3) is 0.458. The van der Waals surface area contributed by atoms with E-state index >= 15 is 0 Å². The Morgan fingerprint density at radius 1 is 1.09 bits per heavy atom. The standard InChI is InChI=1S/C24H31N7O3S/c1-17-5-6-18(15-25-17)22-20-13-19(35(33,34)27-24(2)7-8-24)14-21(31(20)16-26-22)29-9-11-30(12-10-29)23(32)28(3)4/h5-6,13-16,27H,7-12H2,1-4H3.